The molecule has 0 N–H and O–H groups in total. The number of carbonyl (C=O) groups is 1. The number of fused-ring (bicyclic) bond motifs is 1. The Kier molecular flexibility index (Phi) is 5.22. The first kappa shape index (κ1) is 18.5. The van der Waals surface area contributed by atoms with E-state index in [9.17, 15) is 4.79 Å². The lowest BCUT2D eigenvalue weighted by molar-refractivity contribution is 0.0963. The van der Waals surface area contributed by atoms with Crippen LogP contribution in [0.5, 0.6) is 5.75 Å². The summed E-state index contributed by atoms with van der Waals surface area (Å²) >= 11 is 13.0. The third-order valence-corrected chi connectivity index (χ3v) is 5.63. The highest BCUT2D eigenvalue weighted by molar-refractivity contribution is 9.10. The number of ketones is 1. The van der Waals surface area contributed by atoms with Gasteiger partial charge in [0.1, 0.15) is 5.75 Å². The fraction of sp³-hybridized carbons (Fsp3) is 0.0455. The average Bonchev–Trinajstić information content (AvgIpc) is 2.67. The van der Waals surface area contributed by atoms with Crippen LogP contribution in [0, 0.1) is 0 Å². The molecule has 4 rings (SSSR count). The first-order valence-electron chi connectivity index (χ1n) is 8.25. The number of Topliss-reactive ketones (excluding diaryl/α,β-unsaturated/α-hetero) is 1. The molecule has 0 fully saturated rings. The summed E-state index contributed by atoms with van der Waals surface area (Å²) in [5, 5.41) is 0.510. The molecule has 5 heteroatoms. The molecule has 1 aliphatic rings. The molecule has 0 saturated carbocycles. The maximum atomic E-state index is 13.3. The smallest absolute Gasteiger partial charge is 0.196 e. The van der Waals surface area contributed by atoms with Crippen molar-refractivity contribution < 1.29 is 9.53 Å². The largest absolute Gasteiger partial charge is 0.480 e. The van der Waals surface area contributed by atoms with Crippen LogP contribution in [0.25, 0.3) is 6.08 Å². The minimum Gasteiger partial charge on any atom is -0.480 e. The number of rotatable bonds is 2. The Hall–Kier alpha value is -1.88. The zero-order valence-corrected chi connectivity index (χ0v) is 17.9. The number of hydrogen-bond acceptors (Lipinski definition) is 2. The Morgan fingerprint density at radius 2 is 1.52 bits per heavy atom. The fourth-order valence-electron chi connectivity index (χ4n) is 3.01. The molecular weight excluding hydrogens is 492 g/mol. The molecule has 134 valence electrons. The molecular formula is C22H13Br2ClO2. The van der Waals surface area contributed by atoms with Crippen molar-refractivity contribution >= 4 is 55.3 Å². The molecule has 0 radical (unpaired) electrons. The van der Waals surface area contributed by atoms with Gasteiger partial charge in [-0.25, -0.2) is 0 Å². The fourth-order valence-corrected chi connectivity index (χ4v) is 3.71. The highest BCUT2D eigenvalue weighted by Crippen LogP contribution is 2.40. The van der Waals surface area contributed by atoms with Gasteiger partial charge < -0.3 is 4.74 Å². The Bertz CT molecular complexity index is 1040. The van der Waals surface area contributed by atoms with E-state index in [4.69, 9.17) is 16.3 Å². The van der Waals surface area contributed by atoms with Crippen molar-refractivity contribution in [1.29, 1.82) is 0 Å². The zero-order chi connectivity index (χ0) is 19.0. The highest BCUT2D eigenvalue weighted by atomic mass is 79.9. The van der Waals surface area contributed by atoms with Crippen LogP contribution in [-0.4, -0.2) is 5.78 Å². The van der Waals surface area contributed by atoms with Crippen molar-refractivity contribution in [3.05, 3.63) is 103 Å². The van der Waals surface area contributed by atoms with E-state index in [-0.39, 0.29) is 5.78 Å². The lowest BCUT2D eigenvalue weighted by Gasteiger charge is -2.28. The number of benzene rings is 3. The molecule has 1 atom stereocenters. The van der Waals surface area contributed by atoms with Gasteiger partial charge in [-0.1, -0.05) is 67.7 Å². The van der Waals surface area contributed by atoms with E-state index in [0.717, 1.165) is 20.1 Å². The summed E-state index contributed by atoms with van der Waals surface area (Å²) in [6.45, 7) is 0. The molecule has 3 aromatic carbocycles. The molecule has 1 aliphatic heterocycles. The molecule has 0 spiro atoms. The van der Waals surface area contributed by atoms with Gasteiger partial charge in [0.05, 0.1) is 5.56 Å². The highest BCUT2D eigenvalue weighted by Gasteiger charge is 2.33. The van der Waals surface area contributed by atoms with Crippen molar-refractivity contribution in [2.24, 2.45) is 0 Å². The minimum absolute atomic E-state index is 0.0745. The van der Waals surface area contributed by atoms with E-state index < -0.39 is 6.10 Å². The summed E-state index contributed by atoms with van der Waals surface area (Å²) in [5.41, 5.74) is 2.90. The lowest BCUT2D eigenvalue weighted by atomic mass is 9.89. The summed E-state index contributed by atoms with van der Waals surface area (Å²) in [4.78, 5) is 13.3. The van der Waals surface area contributed by atoms with Gasteiger partial charge >= 0.3 is 0 Å². The lowest BCUT2D eigenvalue weighted by Crippen LogP contribution is -2.23. The summed E-state index contributed by atoms with van der Waals surface area (Å²) < 4.78 is 8.17. The average molecular weight is 505 g/mol. The Morgan fingerprint density at radius 1 is 0.889 bits per heavy atom. The van der Waals surface area contributed by atoms with Gasteiger partial charge in [-0.2, -0.15) is 0 Å². The summed E-state index contributed by atoms with van der Waals surface area (Å²) in [6.07, 6.45) is 1.40. The molecule has 1 unspecified atom stereocenters. The SMILES string of the molecule is O=C1/C(=C/c2ccc(Br)cc2)C(c2ccc(Br)cc2)Oc2ccc(Cl)cc21. The molecule has 0 aromatic heterocycles. The van der Waals surface area contributed by atoms with Crippen LogP contribution >= 0.6 is 43.5 Å². The van der Waals surface area contributed by atoms with Crippen molar-refractivity contribution in [3.63, 3.8) is 0 Å². The van der Waals surface area contributed by atoms with Crippen molar-refractivity contribution in [1.82, 2.24) is 0 Å². The zero-order valence-electron chi connectivity index (χ0n) is 14.0. The topological polar surface area (TPSA) is 26.3 Å². The number of ether oxygens (including phenoxy) is 1. The van der Waals surface area contributed by atoms with Gasteiger partial charge in [-0.15, -0.1) is 0 Å². The normalized spacial score (nSPS) is 17.5. The molecule has 0 amide bonds. The van der Waals surface area contributed by atoms with E-state index in [1.165, 1.54) is 0 Å². The van der Waals surface area contributed by atoms with Crippen LogP contribution in [0.2, 0.25) is 5.02 Å². The van der Waals surface area contributed by atoms with Gasteiger partial charge in [-0.3, -0.25) is 4.79 Å². The van der Waals surface area contributed by atoms with E-state index in [1.54, 1.807) is 18.2 Å². The van der Waals surface area contributed by atoms with Gasteiger partial charge in [0.2, 0.25) is 0 Å². The van der Waals surface area contributed by atoms with Crippen LogP contribution in [-0.2, 0) is 0 Å². The maximum Gasteiger partial charge on any atom is 0.196 e. The van der Waals surface area contributed by atoms with Crippen LogP contribution in [0.4, 0.5) is 0 Å². The number of carbonyl (C=O) groups excluding carboxylic acids is 1. The minimum atomic E-state index is -0.483. The molecule has 0 saturated heterocycles. The second-order valence-electron chi connectivity index (χ2n) is 6.17. The molecule has 3 aromatic rings. The van der Waals surface area contributed by atoms with Gasteiger partial charge in [-0.05, 0) is 59.7 Å². The van der Waals surface area contributed by atoms with Crippen LogP contribution in [0.3, 0.4) is 0 Å². The van der Waals surface area contributed by atoms with Crippen molar-refractivity contribution in [2.75, 3.05) is 0 Å². The summed E-state index contributed by atoms with van der Waals surface area (Å²) in [5.74, 6) is 0.472. The first-order valence-corrected chi connectivity index (χ1v) is 10.2. The van der Waals surface area contributed by atoms with Crippen LogP contribution in [0.15, 0.2) is 81.2 Å². The third-order valence-electron chi connectivity index (χ3n) is 4.34. The van der Waals surface area contributed by atoms with E-state index in [2.05, 4.69) is 31.9 Å². The Labute approximate surface area is 179 Å². The second-order valence-corrected chi connectivity index (χ2v) is 8.44. The monoisotopic (exact) mass is 502 g/mol. The van der Waals surface area contributed by atoms with Crippen LogP contribution < -0.4 is 4.74 Å². The predicted octanol–water partition coefficient (Wildman–Crippen LogP) is 7.27. The Balaban J connectivity index is 1.85. The molecule has 27 heavy (non-hydrogen) atoms. The molecule has 2 nitrogen and oxygen atoms in total. The van der Waals surface area contributed by atoms with Crippen molar-refractivity contribution in [2.45, 2.75) is 6.10 Å². The van der Waals surface area contributed by atoms with Crippen molar-refractivity contribution in [3.8, 4) is 5.75 Å². The van der Waals surface area contributed by atoms with E-state index in [0.29, 0.717) is 21.9 Å². The summed E-state index contributed by atoms with van der Waals surface area (Å²) in [6, 6.07) is 20.7. The standard InChI is InChI=1S/C22H13Br2ClO2/c23-15-5-1-13(2-6-15)11-19-21(26)18-12-17(25)9-10-20(18)27-22(19)14-3-7-16(24)8-4-14/h1-12,22H/b19-11-. The van der Waals surface area contributed by atoms with Gasteiger partial charge in [0.25, 0.3) is 0 Å². The van der Waals surface area contributed by atoms with Gasteiger partial charge in [0.15, 0.2) is 11.9 Å². The Morgan fingerprint density at radius 3 is 2.19 bits per heavy atom. The quantitative estimate of drug-likeness (QED) is 0.343. The first-order chi connectivity index (χ1) is 13.0. The van der Waals surface area contributed by atoms with E-state index in [1.807, 2.05) is 54.6 Å². The number of halogens is 3. The molecule has 1 heterocycles. The van der Waals surface area contributed by atoms with Gasteiger partial charge in [0, 0.05) is 19.5 Å². The maximum absolute atomic E-state index is 13.3. The summed E-state index contributed by atoms with van der Waals surface area (Å²) in [7, 11) is 0. The second kappa shape index (κ2) is 7.63. The predicted molar refractivity (Wildman–Crippen MR) is 115 cm³/mol. The molecule has 0 bridgehead atoms. The number of hydrogen-bond donors (Lipinski definition) is 0. The van der Waals surface area contributed by atoms with E-state index >= 15 is 0 Å². The molecule has 0 aliphatic carbocycles. The van der Waals surface area contributed by atoms with Crippen LogP contribution in [0.1, 0.15) is 27.6 Å². The third kappa shape index (κ3) is 3.88.